The molecule has 2 amide bonds. The van der Waals surface area contributed by atoms with Crippen molar-refractivity contribution in [3.8, 4) is 0 Å². The van der Waals surface area contributed by atoms with Gasteiger partial charge in [-0.15, -0.1) is 0 Å². The topological polar surface area (TPSA) is 72.9 Å². The molecule has 6 nitrogen and oxygen atoms in total. The molecule has 0 aromatic rings. The number of carbonyl (C=O) groups is 2. The number of amides is 2. The number of carboxylic acids is 1. The van der Waals surface area contributed by atoms with Crippen LogP contribution in [0.15, 0.2) is 0 Å². The predicted molar refractivity (Wildman–Crippen MR) is 75.1 cm³/mol. The van der Waals surface area contributed by atoms with E-state index >= 15 is 0 Å². The van der Waals surface area contributed by atoms with Crippen molar-refractivity contribution < 1.29 is 14.7 Å². The molecule has 20 heavy (non-hydrogen) atoms. The lowest BCUT2D eigenvalue weighted by Crippen LogP contribution is -2.61. The third kappa shape index (κ3) is 3.23. The Morgan fingerprint density at radius 3 is 2.35 bits per heavy atom. The molecule has 0 spiro atoms. The molecule has 0 aromatic carbocycles. The van der Waals surface area contributed by atoms with Gasteiger partial charge in [0.15, 0.2) is 0 Å². The molecule has 0 aliphatic carbocycles. The number of rotatable bonds is 2. The number of aliphatic carboxylic acids is 1. The van der Waals surface area contributed by atoms with Crippen molar-refractivity contribution >= 4 is 12.0 Å². The van der Waals surface area contributed by atoms with E-state index in [0.717, 1.165) is 38.8 Å². The van der Waals surface area contributed by atoms with Crippen molar-refractivity contribution in [2.45, 2.75) is 52.0 Å². The SMILES string of the molecule is CC1(C)CCCN(C(=O)NN2CCCCC2)C1C(=O)O. The van der Waals surface area contributed by atoms with Crippen molar-refractivity contribution in [2.75, 3.05) is 19.6 Å². The van der Waals surface area contributed by atoms with Gasteiger partial charge in [0.25, 0.3) is 0 Å². The van der Waals surface area contributed by atoms with Crippen LogP contribution in [-0.2, 0) is 4.79 Å². The number of urea groups is 1. The fraction of sp³-hybridized carbons (Fsp3) is 0.857. The molecule has 114 valence electrons. The van der Waals surface area contributed by atoms with Gasteiger partial charge in [-0.3, -0.25) is 5.43 Å². The van der Waals surface area contributed by atoms with E-state index in [1.165, 1.54) is 11.3 Å². The van der Waals surface area contributed by atoms with Gasteiger partial charge < -0.3 is 10.0 Å². The molecular weight excluding hydrogens is 258 g/mol. The van der Waals surface area contributed by atoms with Gasteiger partial charge in [-0.25, -0.2) is 14.6 Å². The van der Waals surface area contributed by atoms with Crippen molar-refractivity contribution in [2.24, 2.45) is 5.41 Å². The second kappa shape index (κ2) is 5.99. The fourth-order valence-electron chi connectivity index (χ4n) is 3.28. The maximum absolute atomic E-state index is 12.4. The lowest BCUT2D eigenvalue weighted by Gasteiger charge is -2.44. The number of carbonyl (C=O) groups excluding carboxylic acids is 1. The average molecular weight is 283 g/mol. The van der Waals surface area contributed by atoms with E-state index in [-0.39, 0.29) is 11.4 Å². The van der Waals surface area contributed by atoms with Gasteiger partial charge >= 0.3 is 12.0 Å². The van der Waals surface area contributed by atoms with Crippen molar-refractivity contribution in [1.82, 2.24) is 15.3 Å². The van der Waals surface area contributed by atoms with E-state index in [0.29, 0.717) is 6.54 Å². The minimum absolute atomic E-state index is 0.271. The number of piperidine rings is 2. The van der Waals surface area contributed by atoms with Crippen LogP contribution in [0.1, 0.15) is 46.0 Å². The smallest absolute Gasteiger partial charge is 0.332 e. The Balaban J connectivity index is 2.04. The first kappa shape index (κ1) is 15.1. The Morgan fingerprint density at radius 2 is 1.75 bits per heavy atom. The second-order valence-electron chi connectivity index (χ2n) is 6.49. The van der Waals surface area contributed by atoms with Gasteiger partial charge in [0.1, 0.15) is 6.04 Å². The van der Waals surface area contributed by atoms with Gasteiger partial charge in [-0.1, -0.05) is 20.3 Å². The number of carboxylic acid groups (broad SMARTS) is 1. The fourth-order valence-corrected chi connectivity index (χ4v) is 3.28. The lowest BCUT2D eigenvalue weighted by atomic mass is 9.76. The summed E-state index contributed by atoms with van der Waals surface area (Å²) in [5.74, 6) is -0.913. The summed E-state index contributed by atoms with van der Waals surface area (Å²) >= 11 is 0. The summed E-state index contributed by atoms with van der Waals surface area (Å²) in [7, 11) is 0. The Bertz CT molecular complexity index is 378. The van der Waals surface area contributed by atoms with E-state index in [4.69, 9.17) is 0 Å². The Morgan fingerprint density at radius 1 is 1.10 bits per heavy atom. The number of likely N-dealkylation sites (tertiary alicyclic amines) is 1. The monoisotopic (exact) mass is 283 g/mol. The molecule has 2 fully saturated rings. The normalized spacial score (nSPS) is 27.1. The summed E-state index contributed by atoms with van der Waals surface area (Å²) in [5, 5.41) is 11.4. The van der Waals surface area contributed by atoms with Crippen molar-refractivity contribution in [3.05, 3.63) is 0 Å². The van der Waals surface area contributed by atoms with Crippen LogP contribution in [0.2, 0.25) is 0 Å². The van der Waals surface area contributed by atoms with E-state index < -0.39 is 12.0 Å². The molecule has 0 aromatic heterocycles. The second-order valence-corrected chi connectivity index (χ2v) is 6.49. The first-order valence-corrected chi connectivity index (χ1v) is 7.47. The van der Waals surface area contributed by atoms with Crippen molar-refractivity contribution in [3.63, 3.8) is 0 Å². The van der Waals surface area contributed by atoms with Gasteiger partial charge in [0, 0.05) is 19.6 Å². The number of nitrogens with zero attached hydrogens (tertiary/aromatic N) is 2. The highest BCUT2D eigenvalue weighted by molar-refractivity contribution is 5.83. The van der Waals surface area contributed by atoms with Crippen LogP contribution in [-0.4, -0.2) is 52.7 Å². The van der Waals surface area contributed by atoms with E-state index in [1.807, 2.05) is 18.9 Å². The van der Waals surface area contributed by atoms with E-state index in [9.17, 15) is 14.7 Å². The summed E-state index contributed by atoms with van der Waals surface area (Å²) in [6, 6.07) is -1.02. The Kier molecular flexibility index (Phi) is 4.52. The quantitative estimate of drug-likeness (QED) is 0.808. The molecule has 2 aliphatic rings. The molecule has 0 radical (unpaired) electrons. The van der Waals surface area contributed by atoms with Crippen LogP contribution >= 0.6 is 0 Å². The van der Waals surface area contributed by atoms with Gasteiger partial charge in [-0.2, -0.15) is 0 Å². The first-order chi connectivity index (χ1) is 9.42. The van der Waals surface area contributed by atoms with Crippen LogP contribution in [0.25, 0.3) is 0 Å². The zero-order valence-corrected chi connectivity index (χ0v) is 12.4. The molecule has 2 rings (SSSR count). The number of hydrogen-bond donors (Lipinski definition) is 2. The molecular formula is C14H25N3O3. The Hall–Kier alpha value is -1.30. The molecule has 6 heteroatoms. The number of hydrogen-bond acceptors (Lipinski definition) is 3. The molecule has 0 saturated carbocycles. The summed E-state index contributed by atoms with van der Waals surface area (Å²) in [6.45, 7) is 6.06. The minimum Gasteiger partial charge on any atom is -0.480 e. The van der Waals surface area contributed by atoms with Crippen LogP contribution in [0.4, 0.5) is 4.79 Å². The minimum atomic E-state index is -0.913. The molecule has 2 saturated heterocycles. The molecule has 2 heterocycles. The van der Waals surface area contributed by atoms with Gasteiger partial charge in [-0.05, 0) is 31.1 Å². The maximum atomic E-state index is 12.4. The highest BCUT2D eigenvalue weighted by Gasteiger charge is 2.44. The average Bonchev–Trinajstić information content (AvgIpc) is 2.37. The molecule has 1 atom stereocenters. The largest absolute Gasteiger partial charge is 0.480 e. The van der Waals surface area contributed by atoms with Crippen molar-refractivity contribution in [1.29, 1.82) is 0 Å². The number of nitrogens with one attached hydrogen (secondary N) is 1. The summed E-state index contributed by atoms with van der Waals surface area (Å²) in [5.41, 5.74) is 2.48. The summed E-state index contributed by atoms with van der Waals surface area (Å²) in [6.07, 6.45) is 5.03. The van der Waals surface area contributed by atoms with Gasteiger partial charge in [0.05, 0.1) is 0 Å². The molecule has 2 N–H and O–H groups in total. The van der Waals surface area contributed by atoms with Crippen LogP contribution in [0.5, 0.6) is 0 Å². The third-order valence-electron chi connectivity index (χ3n) is 4.38. The van der Waals surface area contributed by atoms with Crippen LogP contribution in [0, 0.1) is 5.41 Å². The van der Waals surface area contributed by atoms with E-state index in [2.05, 4.69) is 5.43 Å². The standard InChI is InChI=1S/C14H25N3O3/c1-14(2)7-6-10-17(11(14)12(18)19)13(20)15-16-8-4-3-5-9-16/h11H,3-10H2,1-2H3,(H,15,20)(H,18,19). The van der Waals surface area contributed by atoms with Gasteiger partial charge in [0.2, 0.25) is 0 Å². The lowest BCUT2D eigenvalue weighted by molar-refractivity contribution is -0.148. The summed E-state index contributed by atoms with van der Waals surface area (Å²) in [4.78, 5) is 25.4. The highest BCUT2D eigenvalue weighted by Crippen LogP contribution is 2.35. The maximum Gasteiger partial charge on any atom is 0.332 e. The predicted octanol–water partition coefficient (Wildman–Crippen LogP) is 1.67. The van der Waals surface area contributed by atoms with Crippen LogP contribution < -0.4 is 5.43 Å². The van der Waals surface area contributed by atoms with Crippen LogP contribution in [0.3, 0.4) is 0 Å². The zero-order valence-electron chi connectivity index (χ0n) is 12.4. The zero-order chi connectivity index (χ0) is 14.8. The molecule has 1 unspecified atom stereocenters. The highest BCUT2D eigenvalue weighted by atomic mass is 16.4. The summed E-state index contributed by atoms with van der Waals surface area (Å²) < 4.78 is 0. The molecule has 2 aliphatic heterocycles. The van der Waals surface area contributed by atoms with E-state index in [1.54, 1.807) is 0 Å². The molecule has 0 bridgehead atoms. The first-order valence-electron chi connectivity index (χ1n) is 7.47. The third-order valence-corrected chi connectivity index (χ3v) is 4.38. The Labute approximate surface area is 120 Å². The number of hydrazine groups is 1.